The average Bonchev–Trinajstić information content (AvgIpc) is 3.27. The molecule has 0 aromatic rings. The van der Waals surface area contributed by atoms with Crippen LogP contribution in [0.15, 0.2) is 23.6 Å². The highest BCUT2D eigenvalue weighted by Gasteiger charge is 2.77. The van der Waals surface area contributed by atoms with Gasteiger partial charge in [-0.3, -0.25) is 14.4 Å². The molecule has 17 nitrogen and oxygen atoms in total. The standard InChI is InChI=1S/C32H42F2N2O15/c1-19-13-21-22-15-24(33)23-14-20(37)6-7-29(23,2)31(22,34)25(38)16-30(21,3)32(19,51-27(40)5-4-8-49-35(42)43)26(39)17-48-28(41)18-47-10-9-46-11-12-50-36(44)45/h6-7,19,21-22,25,38H,4-5,8-18H2,1-3H3/t19-,21?,22?,25+,29+,30+,31+,32+/m1/s1. The number of ether oxygens (including phenoxy) is 4. The third-order valence-electron chi connectivity index (χ3n) is 11.0. The number of ketones is 2. The van der Waals surface area contributed by atoms with E-state index in [0.717, 1.165) is 0 Å². The lowest BCUT2D eigenvalue weighted by Gasteiger charge is -2.62. The molecule has 0 aliphatic heterocycles. The number of halogens is 2. The quantitative estimate of drug-likeness (QED) is 0.0924. The third kappa shape index (κ3) is 7.46. The van der Waals surface area contributed by atoms with E-state index >= 15 is 8.78 Å². The van der Waals surface area contributed by atoms with Crippen molar-refractivity contribution in [3.05, 3.63) is 43.8 Å². The van der Waals surface area contributed by atoms with E-state index < -0.39 is 125 Å². The van der Waals surface area contributed by atoms with Gasteiger partial charge < -0.3 is 33.7 Å². The monoisotopic (exact) mass is 732 g/mol. The summed E-state index contributed by atoms with van der Waals surface area (Å²) in [5.41, 5.74) is -7.81. The molecule has 51 heavy (non-hydrogen) atoms. The predicted octanol–water partition coefficient (Wildman–Crippen LogP) is 2.52. The zero-order valence-corrected chi connectivity index (χ0v) is 28.5. The molecule has 4 aliphatic carbocycles. The Hall–Kier alpha value is -4.10. The van der Waals surface area contributed by atoms with E-state index in [0.29, 0.717) is 0 Å². The fourth-order valence-corrected chi connectivity index (χ4v) is 8.79. The van der Waals surface area contributed by atoms with Gasteiger partial charge in [0.15, 0.2) is 23.7 Å². The maximum atomic E-state index is 17.7. The molecule has 284 valence electrons. The third-order valence-corrected chi connectivity index (χ3v) is 11.0. The van der Waals surface area contributed by atoms with Gasteiger partial charge in [-0.1, -0.05) is 19.9 Å². The molecule has 2 fully saturated rings. The first-order valence-electron chi connectivity index (χ1n) is 16.5. The summed E-state index contributed by atoms with van der Waals surface area (Å²) < 4.78 is 54.9. The van der Waals surface area contributed by atoms with Gasteiger partial charge in [-0.25, -0.2) is 13.6 Å². The smallest absolute Gasteiger partial charge is 0.332 e. The minimum absolute atomic E-state index is 0.0434. The molecule has 0 heterocycles. The lowest BCUT2D eigenvalue weighted by atomic mass is 9.45. The molecular weight excluding hydrogens is 690 g/mol. The molecule has 0 radical (unpaired) electrons. The number of alkyl halides is 1. The Bertz CT molecular complexity index is 1470. The van der Waals surface area contributed by atoms with Crippen LogP contribution in [0.25, 0.3) is 0 Å². The van der Waals surface area contributed by atoms with Crippen LogP contribution < -0.4 is 0 Å². The number of fused-ring (bicyclic) bond motifs is 5. The van der Waals surface area contributed by atoms with Crippen molar-refractivity contribution in [2.45, 2.75) is 76.7 Å². The first-order valence-corrected chi connectivity index (χ1v) is 16.5. The number of hydrogen-bond acceptors (Lipinski definition) is 15. The van der Waals surface area contributed by atoms with Gasteiger partial charge in [-0.15, -0.1) is 20.2 Å². The SMILES string of the molecule is C[C@@H]1CC2C3CC(F)=C4CC(=O)C=C[C@]4(C)[C@@]3(F)[C@@H](O)C[C@]2(C)[C@@]1(OC(=O)CCCO[N+](=O)[O-])C(=O)COC(=O)COCCOCCO[N+](=O)[O-]. The van der Waals surface area contributed by atoms with Crippen molar-refractivity contribution in [2.75, 3.05) is 46.2 Å². The second-order valence-corrected chi connectivity index (χ2v) is 13.7. The molecule has 0 amide bonds. The van der Waals surface area contributed by atoms with Crippen molar-refractivity contribution in [2.24, 2.45) is 28.6 Å². The van der Waals surface area contributed by atoms with Crippen LogP contribution in [-0.4, -0.2) is 102 Å². The normalized spacial score (nSPS) is 33.8. The highest BCUT2D eigenvalue weighted by molar-refractivity contribution is 5.94. The molecule has 0 aromatic heterocycles. The first-order chi connectivity index (χ1) is 23.9. The molecule has 0 bridgehead atoms. The Morgan fingerprint density at radius 2 is 1.63 bits per heavy atom. The molecule has 2 saturated carbocycles. The van der Waals surface area contributed by atoms with Gasteiger partial charge in [0.05, 0.1) is 32.5 Å². The van der Waals surface area contributed by atoms with Gasteiger partial charge in [-0.05, 0) is 43.8 Å². The number of allylic oxidation sites excluding steroid dienone is 4. The van der Waals surface area contributed by atoms with Crippen LogP contribution in [0.2, 0.25) is 0 Å². The molecule has 0 spiro atoms. The predicted molar refractivity (Wildman–Crippen MR) is 165 cm³/mol. The summed E-state index contributed by atoms with van der Waals surface area (Å²) in [7, 11) is 0. The number of nitrogens with zero attached hydrogens (tertiary/aromatic N) is 2. The number of esters is 2. The molecule has 4 rings (SSSR count). The summed E-state index contributed by atoms with van der Waals surface area (Å²) in [5, 5.41) is 30.4. The zero-order valence-electron chi connectivity index (χ0n) is 28.5. The Labute approximate surface area is 290 Å². The van der Waals surface area contributed by atoms with E-state index in [1.807, 2.05) is 0 Å². The van der Waals surface area contributed by atoms with Gasteiger partial charge in [0, 0.05) is 41.9 Å². The van der Waals surface area contributed by atoms with Crippen LogP contribution in [0.5, 0.6) is 0 Å². The van der Waals surface area contributed by atoms with Crippen LogP contribution in [0.1, 0.15) is 59.3 Å². The molecule has 8 atom stereocenters. The van der Waals surface area contributed by atoms with Crippen molar-refractivity contribution < 1.29 is 71.9 Å². The van der Waals surface area contributed by atoms with E-state index in [2.05, 4.69) is 9.68 Å². The van der Waals surface area contributed by atoms with Crippen LogP contribution in [-0.2, 0) is 47.8 Å². The first kappa shape index (κ1) is 39.7. The number of hydrogen-bond donors (Lipinski definition) is 1. The Kier molecular flexibility index (Phi) is 12.2. The molecule has 2 unspecified atom stereocenters. The van der Waals surface area contributed by atoms with Crippen LogP contribution in [0.4, 0.5) is 8.78 Å². The van der Waals surface area contributed by atoms with Gasteiger partial charge in [0.1, 0.15) is 19.0 Å². The maximum Gasteiger partial charge on any atom is 0.332 e. The summed E-state index contributed by atoms with van der Waals surface area (Å²) in [5.74, 6) is -6.82. The Balaban J connectivity index is 1.55. The van der Waals surface area contributed by atoms with Crippen molar-refractivity contribution in [3.8, 4) is 0 Å². The summed E-state index contributed by atoms with van der Waals surface area (Å²) >= 11 is 0. The number of rotatable bonds is 18. The van der Waals surface area contributed by atoms with E-state index in [1.54, 1.807) is 13.8 Å². The van der Waals surface area contributed by atoms with Crippen molar-refractivity contribution in [3.63, 3.8) is 0 Å². The molecule has 4 aliphatic rings. The molecule has 0 saturated heterocycles. The molecular formula is C32H42F2N2O15. The van der Waals surface area contributed by atoms with Crippen molar-refractivity contribution in [1.82, 2.24) is 0 Å². The minimum Gasteiger partial charge on any atom is -0.456 e. The highest BCUT2D eigenvalue weighted by atomic mass is 19.1. The summed E-state index contributed by atoms with van der Waals surface area (Å²) in [6.07, 6.45) is -1.11. The van der Waals surface area contributed by atoms with Crippen LogP contribution >= 0.6 is 0 Å². The fraction of sp³-hybridized carbons (Fsp3) is 0.750. The van der Waals surface area contributed by atoms with Gasteiger partial charge in [0.25, 0.3) is 10.2 Å². The van der Waals surface area contributed by atoms with Crippen LogP contribution in [0.3, 0.4) is 0 Å². The number of aliphatic hydroxyl groups excluding tert-OH is 1. The lowest BCUT2D eigenvalue weighted by molar-refractivity contribution is -0.758. The molecule has 0 aromatic carbocycles. The summed E-state index contributed by atoms with van der Waals surface area (Å²) in [6.45, 7) is 2.03. The minimum atomic E-state index is -2.46. The van der Waals surface area contributed by atoms with E-state index in [-0.39, 0.29) is 51.3 Å². The second-order valence-electron chi connectivity index (χ2n) is 13.7. The van der Waals surface area contributed by atoms with E-state index in [1.165, 1.54) is 19.1 Å². The molecule has 1 N–H and O–H groups in total. The number of Topliss-reactive ketones (excluding diaryl/α,β-unsaturated/α-hetero) is 1. The van der Waals surface area contributed by atoms with Crippen molar-refractivity contribution >= 4 is 23.5 Å². The topological polar surface area (TPSA) is 230 Å². The highest BCUT2D eigenvalue weighted by Crippen LogP contribution is 2.71. The zero-order chi connectivity index (χ0) is 37.8. The van der Waals surface area contributed by atoms with Gasteiger partial charge >= 0.3 is 11.9 Å². The van der Waals surface area contributed by atoms with E-state index in [9.17, 15) is 44.5 Å². The summed E-state index contributed by atoms with van der Waals surface area (Å²) in [4.78, 5) is 81.3. The van der Waals surface area contributed by atoms with E-state index in [4.69, 9.17) is 18.9 Å². The Morgan fingerprint density at radius 3 is 2.31 bits per heavy atom. The maximum absolute atomic E-state index is 17.7. The number of carbonyl (C=O) groups excluding carboxylic acids is 4. The van der Waals surface area contributed by atoms with Gasteiger partial charge in [0.2, 0.25) is 5.78 Å². The van der Waals surface area contributed by atoms with Gasteiger partial charge in [-0.2, -0.15) is 0 Å². The second kappa shape index (κ2) is 15.6. The fourth-order valence-electron chi connectivity index (χ4n) is 8.79. The largest absolute Gasteiger partial charge is 0.456 e. The van der Waals surface area contributed by atoms with Crippen molar-refractivity contribution in [1.29, 1.82) is 0 Å². The lowest BCUT2D eigenvalue weighted by Crippen LogP contribution is -2.70. The summed E-state index contributed by atoms with van der Waals surface area (Å²) in [6, 6.07) is 0. The van der Waals surface area contributed by atoms with Crippen LogP contribution in [0, 0.1) is 48.8 Å². The Morgan fingerprint density at radius 1 is 0.980 bits per heavy atom. The average molecular weight is 733 g/mol. The number of carbonyl (C=O) groups is 4. The molecule has 19 heteroatoms. The number of aliphatic hydroxyl groups is 1.